The molecule has 0 aromatic heterocycles. The Morgan fingerprint density at radius 1 is 1.18 bits per heavy atom. The molecular weight excluding hydrogens is 538 g/mol. The number of halogens is 3. The lowest BCUT2D eigenvalue weighted by Crippen LogP contribution is -2.45. The Bertz CT molecular complexity index is 1190. The second kappa shape index (κ2) is 12.9. The van der Waals surface area contributed by atoms with E-state index in [-0.39, 0.29) is 36.5 Å². The number of alkyl halides is 1. The molecule has 2 aromatic rings. The van der Waals surface area contributed by atoms with Crippen LogP contribution < -0.4 is 4.74 Å². The van der Waals surface area contributed by atoms with Crippen molar-refractivity contribution in [1.29, 1.82) is 0 Å². The van der Waals surface area contributed by atoms with Crippen LogP contribution in [0.4, 0.5) is 8.78 Å². The molecule has 2 aromatic carbocycles. The molecule has 1 amide bonds. The molecule has 9 heteroatoms. The summed E-state index contributed by atoms with van der Waals surface area (Å²) in [7, 11) is 0. The van der Waals surface area contributed by atoms with Crippen molar-refractivity contribution in [3.05, 3.63) is 63.4 Å². The van der Waals surface area contributed by atoms with E-state index in [0.29, 0.717) is 55.7 Å². The molecule has 40 heavy (non-hydrogen) atoms. The number of amides is 1. The molecule has 1 N–H and O–H groups in total. The molecule has 0 radical (unpaired) electrons. The molecule has 2 heterocycles. The molecule has 2 aliphatic heterocycles. The Labute approximate surface area is 240 Å². The Hall–Kier alpha value is -2.71. The molecule has 2 unspecified atom stereocenters. The van der Waals surface area contributed by atoms with Crippen molar-refractivity contribution in [2.24, 2.45) is 5.92 Å². The first kappa shape index (κ1) is 30.3. The normalized spacial score (nSPS) is 21.4. The highest BCUT2D eigenvalue weighted by Gasteiger charge is 2.38. The summed E-state index contributed by atoms with van der Waals surface area (Å²) >= 11 is 6.25. The van der Waals surface area contributed by atoms with Gasteiger partial charge in [0.15, 0.2) is 0 Å². The van der Waals surface area contributed by atoms with Crippen molar-refractivity contribution >= 4 is 24.0 Å². The Morgan fingerprint density at radius 3 is 2.42 bits per heavy atom. The maximum Gasteiger partial charge on any atom is 0.290 e. The van der Waals surface area contributed by atoms with Crippen molar-refractivity contribution in [2.75, 3.05) is 32.8 Å². The number of carbonyl (C=O) groups is 2. The van der Waals surface area contributed by atoms with E-state index in [1.807, 2.05) is 19.1 Å². The zero-order chi connectivity index (χ0) is 29.0. The number of hydrogen-bond donors (Lipinski definition) is 1. The third kappa shape index (κ3) is 7.32. The summed E-state index contributed by atoms with van der Waals surface area (Å²) < 4.78 is 36.9. The first-order valence-corrected chi connectivity index (χ1v) is 14.4. The predicted octanol–water partition coefficient (Wildman–Crippen LogP) is 6.79. The molecule has 2 atom stereocenters. The van der Waals surface area contributed by atoms with E-state index in [1.54, 1.807) is 11.0 Å². The van der Waals surface area contributed by atoms with Gasteiger partial charge in [-0.2, -0.15) is 0 Å². The van der Waals surface area contributed by atoms with Crippen LogP contribution in [0.15, 0.2) is 30.3 Å². The number of rotatable bonds is 7. The van der Waals surface area contributed by atoms with E-state index < -0.39 is 11.5 Å². The topological polar surface area (TPSA) is 70.1 Å². The van der Waals surface area contributed by atoms with Gasteiger partial charge in [-0.1, -0.05) is 24.6 Å². The van der Waals surface area contributed by atoms with Gasteiger partial charge < -0.3 is 14.7 Å². The fraction of sp³-hybridized carbons (Fsp3) is 0.548. The number of aryl methyl sites for hydroxylation is 1. The third-order valence-corrected chi connectivity index (χ3v) is 8.55. The molecule has 218 valence electrons. The maximum atomic E-state index is 15.8. The minimum Gasteiger partial charge on any atom is -0.490 e. The van der Waals surface area contributed by atoms with Crippen LogP contribution in [0.2, 0.25) is 5.02 Å². The first-order valence-electron chi connectivity index (χ1n) is 14.1. The van der Waals surface area contributed by atoms with E-state index in [4.69, 9.17) is 26.2 Å². The van der Waals surface area contributed by atoms with E-state index in [9.17, 15) is 4.79 Å². The number of carbonyl (C=O) groups excluding carboxylic acids is 1. The summed E-state index contributed by atoms with van der Waals surface area (Å²) in [6.07, 6.45) is 3.60. The summed E-state index contributed by atoms with van der Waals surface area (Å²) in [6, 6.07) is 9.15. The highest BCUT2D eigenvalue weighted by molar-refractivity contribution is 6.30. The quantitative estimate of drug-likeness (QED) is 0.367. The summed E-state index contributed by atoms with van der Waals surface area (Å²) in [4.78, 5) is 25.3. The highest BCUT2D eigenvalue weighted by Crippen LogP contribution is 2.46. The molecule has 1 aliphatic carbocycles. The van der Waals surface area contributed by atoms with Crippen molar-refractivity contribution in [1.82, 2.24) is 9.80 Å². The largest absolute Gasteiger partial charge is 0.490 e. The van der Waals surface area contributed by atoms with Crippen LogP contribution >= 0.6 is 11.6 Å². The molecule has 3 aliphatic rings. The Morgan fingerprint density at radius 2 is 1.85 bits per heavy atom. The molecule has 0 bridgehead atoms. The van der Waals surface area contributed by atoms with Gasteiger partial charge in [-0.15, -0.1) is 0 Å². The minimum absolute atomic E-state index is 0.108. The summed E-state index contributed by atoms with van der Waals surface area (Å²) in [5.74, 6) is 0.223. The smallest absolute Gasteiger partial charge is 0.290 e. The second-order valence-electron chi connectivity index (χ2n) is 11.6. The van der Waals surface area contributed by atoms with Gasteiger partial charge >= 0.3 is 0 Å². The van der Waals surface area contributed by atoms with E-state index in [0.717, 1.165) is 36.0 Å². The molecule has 2 saturated heterocycles. The monoisotopic (exact) mass is 576 g/mol. The lowest BCUT2D eigenvalue weighted by Gasteiger charge is -2.39. The average Bonchev–Trinajstić information content (AvgIpc) is 3.66. The van der Waals surface area contributed by atoms with Crippen LogP contribution in [0.1, 0.15) is 85.0 Å². The average molecular weight is 577 g/mol. The Balaban J connectivity index is 0.00000118. The minimum atomic E-state index is -1.47. The molecule has 1 saturated carbocycles. The molecule has 6 nitrogen and oxygen atoms in total. The third-order valence-electron chi connectivity index (χ3n) is 8.33. The van der Waals surface area contributed by atoms with Crippen molar-refractivity contribution in [2.45, 2.75) is 70.5 Å². The van der Waals surface area contributed by atoms with E-state index in [1.165, 1.54) is 6.07 Å². The zero-order valence-corrected chi connectivity index (χ0v) is 24.2. The number of carboxylic acid groups (broad SMARTS) is 1. The van der Waals surface area contributed by atoms with E-state index >= 15 is 8.78 Å². The standard InChI is InChI=1S/C30H37ClF2N2O2.CH2O2/c1-19-6-9-35(17-19)29(36)26-15-25(22-4-5-22)28(16-27(26)32)37-18-30(33)7-10-34(11-8-30)21(3)23-12-20(2)13-24(31)14-23;2-1-3/h12-16,19,21-22H,4-11,17-18H2,1-3H3;1H,(H,2,3). The van der Waals surface area contributed by atoms with Crippen molar-refractivity contribution in [3.63, 3.8) is 0 Å². The molecule has 5 rings (SSSR count). The number of likely N-dealkylation sites (tertiary alicyclic amines) is 2. The van der Waals surface area contributed by atoms with Gasteiger partial charge in [0.2, 0.25) is 0 Å². The van der Waals surface area contributed by atoms with Crippen LogP contribution in [0.3, 0.4) is 0 Å². The lowest BCUT2D eigenvalue weighted by molar-refractivity contribution is -0.122. The second-order valence-corrected chi connectivity index (χ2v) is 12.0. The van der Waals surface area contributed by atoms with Crippen molar-refractivity contribution in [3.8, 4) is 5.75 Å². The van der Waals surface area contributed by atoms with Gasteiger partial charge in [-0.05, 0) is 92.7 Å². The summed E-state index contributed by atoms with van der Waals surface area (Å²) in [5, 5.41) is 7.61. The van der Waals surface area contributed by atoms with Gasteiger partial charge in [0.25, 0.3) is 12.4 Å². The van der Waals surface area contributed by atoms with Crippen LogP contribution in [0.25, 0.3) is 0 Å². The fourth-order valence-electron chi connectivity index (χ4n) is 5.74. The Kier molecular flexibility index (Phi) is 9.72. The van der Waals surface area contributed by atoms with Crippen molar-refractivity contribution < 1.29 is 28.2 Å². The number of nitrogens with zero attached hydrogens (tertiary/aromatic N) is 2. The van der Waals surface area contributed by atoms with Crippen LogP contribution in [-0.2, 0) is 4.79 Å². The summed E-state index contributed by atoms with van der Waals surface area (Å²) in [6.45, 7) is 8.43. The number of piperidine rings is 1. The van der Waals surface area contributed by atoms with Crippen LogP contribution in [-0.4, -0.2) is 65.7 Å². The van der Waals surface area contributed by atoms with E-state index in [2.05, 4.69) is 24.8 Å². The number of hydrogen-bond acceptors (Lipinski definition) is 4. The summed E-state index contributed by atoms with van der Waals surface area (Å²) in [5.41, 5.74) is 1.72. The lowest BCUT2D eigenvalue weighted by atomic mass is 9.92. The van der Waals surface area contributed by atoms with Crippen LogP contribution in [0, 0.1) is 18.7 Å². The predicted molar refractivity (Wildman–Crippen MR) is 151 cm³/mol. The maximum absolute atomic E-state index is 15.8. The highest BCUT2D eigenvalue weighted by atomic mass is 35.5. The van der Waals surface area contributed by atoms with Gasteiger partial charge in [0.05, 0.1) is 5.56 Å². The van der Waals surface area contributed by atoms with Gasteiger partial charge in [0.1, 0.15) is 23.8 Å². The SMILES string of the molecule is Cc1cc(Cl)cc(C(C)N2CCC(F)(COc3cc(F)c(C(=O)N4CCC(C)C4)cc3C3CC3)CC2)c1.O=CO. The molecule has 3 fully saturated rings. The van der Waals surface area contributed by atoms with Gasteiger partial charge in [0, 0.05) is 43.3 Å². The van der Waals surface area contributed by atoms with Gasteiger partial charge in [-0.25, -0.2) is 8.78 Å². The van der Waals surface area contributed by atoms with Crippen LogP contribution in [0.5, 0.6) is 5.75 Å². The fourth-order valence-corrected chi connectivity index (χ4v) is 6.04. The number of benzene rings is 2. The molecule has 0 spiro atoms. The first-order chi connectivity index (χ1) is 19.0. The zero-order valence-electron chi connectivity index (χ0n) is 23.5. The number of ether oxygens (including phenoxy) is 1. The van der Waals surface area contributed by atoms with Gasteiger partial charge in [-0.3, -0.25) is 14.5 Å². The molecular formula is C31H39ClF2N2O4.